The van der Waals surface area contributed by atoms with Crippen molar-refractivity contribution in [2.24, 2.45) is 0 Å². The van der Waals surface area contributed by atoms with Gasteiger partial charge in [-0.1, -0.05) is 12.1 Å². The van der Waals surface area contributed by atoms with Crippen molar-refractivity contribution in [3.63, 3.8) is 0 Å². The van der Waals surface area contributed by atoms with Crippen LogP contribution in [0.2, 0.25) is 0 Å². The fourth-order valence-electron chi connectivity index (χ4n) is 3.22. The summed E-state index contributed by atoms with van der Waals surface area (Å²) in [5.74, 6) is 0.0922. The summed E-state index contributed by atoms with van der Waals surface area (Å²) in [6.45, 7) is 4.65. The monoisotopic (exact) mass is 617 g/mol. The van der Waals surface area contributed by atoms with Crippen molar-refractivity contribution in [2.75, 3.05) is 61.5 Å². The van der Waals surface area contributed by atoms with Gasteiger partial charge in [0.25, 0.3) is 0 Å². The van der Waals surface area contributed by atoms with Gasteiger partial charge in [0.05, 0.1) is 12.5 Å². The molecule has 0 aliphatic carbocycles. The number of methoxy groups -OCH3 is 1. The molecule has 0 aliphatic rings. The molecule has 0 spiro atoms. The smallest absolute Gasteiger partial charge is 0.867 e. The average molecular weight is 619 g/mol. The van der Waals surface area contributed by atoms with Gasteiger partial charge in [0.15, 0.2) is 5.43 Å². The van der Waals surface area contributed by atoms with E-state index in [4.69, 9.17) is 27.8 Å². The fourth-order valence-corrected chi connectivity index (χ4v) is 3.22. The molecule has 0 radical (unpaired) electrons. The van der Waals surface area contributed by atoms with Crippen LogP contribution in [0.15, 0.2) is 57.7 Å². The van der Waals surface area contributed by atoms with Crippen LogP contribution in [0.4, 0.5) is 0 Å². The van der Waals surface area contributed by atoms with Gasteiger partial charge in [-0.15, -0.1) is 10.2 Å². The summed E-state index contributed by atoms with van der Waals surface area (Å²) in [7, 11) is 5.08. The van der Waals surface area contributed by atoms with Gasteiger partial charge in [-0.05, 0) is 109 Å². The first-order chi connectivity index (χ1) is 17.8. The largest absolute Gasteiger partial charge is 2.00 e. The number of benzene rings is 2. The van der Waals surface area contributed by atoms with E-state index in [1.54, 1.807) is 55.6 Å². The molecule has 0 fully saturated rings. The van der Waals surface area contributed by atoms with Crippen LogP contribution in [0.5, 0.6) is 11.5 Å². The summed E-state index contributed by atoms with van der Waals surface area (Å²) in [5, 5.41) is 15.8. The maximum absolute atomic E-state index is 12.1. The molecule has 39 heavy (non-hydrogen) atoms. The van der Waals surface area contributed by atoms with Crippen LogP contribution in [-0.4, -0.2) is 71.3 Å². The predicted molar refractivity (Wildman–Crippen MR) is 133 cm³/mol. The molecular formula is C26H36ClN3O8Zn. The van der Waals surface area contributed by atoms with Gasteiger partial charge in [0.1, 0.15) is 17.1 Å². The number of nitrogens with zero attached hydrogens (tertiary/aromatic N) is 2. The number of rotatable bonds is 10. The van der Waals surface area contributed by atoms with Gasteiger partial charge in [-0.25, -0.2) is 18.6 Å². The van der Waals surface area contributed by atoms with Crippen molar-refractivity contribution in [1.82, 2.24) is 15.1 Å². The molecule has 0 unspecified atom stereocenters. The van der Waals surface area contributed by atoms with Crippen LogP contribution in [0, 0.1) is 10.2 Å². The average Bonchev–Trinajstić information content (AvgIpc) is 2.85. The molecule has 2 aromatic carbocycles. The van der Waals surface area contributed by atoms with Gasteiger partial charge in [0.2, 0.25) is 0 Å². The van der Waals surface area contributed by atoms with E-state index < -0.39 is 21.4 Å². The fraction of sp³-hybridized carbons (Fsp3) is 0.423. The van der Waals surface area contributed by atoms with Gasteiger partial charge in [0, 0.05) is 5.56 Å². The van der Waals surface area contributed by atoms with Crippen molar-refractivity contribution < 1.29 is 62.6 Å². The first-order valence-corrected chi connectivity index (χ1v) is 13.1. The Labute approximate surface area is 244 Å². The Bertz CT molecular complexity index is 1120. The van der Waals surface area contributed by atoms with Gasteiger partial charge in [-0.2, -0.15) is 0 Å². The van der Waals surface area contributed by atoms with E-state index in [2.05, 4.69) is 43.3 Å². The van der Waals surface area contributed by atoms with Crippen LogP contribution in [0.3, 0.4) is 0 Å². The molecule has 13 heteroatoms. The molecular weight excluding hydrogens is 583 g/mol. The summed E-state index contributed by atoms with van der Waals surface area (Å²) in [6, 6.07) is 13.5. The summed E-state index contributed by atoms with van der Waals surface area (Å²) < 4.78 is 44.6. The first-order valence-electron chi connectivity index (χ1n) is 11.8. The summed E-state index contributed by atoms with van der Waals surface area (Å²) in [4.78, 5) is 16.5. The minimum atomic E-state index is -4.94. The van der Waals surface area contributed by atoms with Crippen molar-refractivity contribution in [1.29, 1.82) is 0 Å². The molecule has 0 amide bonds. The number of hydrogen-bond acceptors (Lipinski definition) is 11. The number of fused-ring (bicyclic) bond motifs is 1. The number of halogens is 1. The zero-order chi connectivity index (χ0) is 28.7. The van der Waals surface area contributed by atoms with Crippen molar-refractivity contribution in [3.8, 4) is 22.8 Å². The van der Waals surface area contributed by atoms with Gasteiger partial charge >= 0.3 is 19.5 Å². The normalized spacial score (nSPS) is 10.8. The first kappa shape index (κ1) is 36.9. The molecule has 11 nitrogen and oxygen atoms in total. The predicted octanol–water partition coefficient (Wildman–Crippen LogP) is -1.74. The van der Waals surface area contributed by atoms with E-state index in [0.717, 1.165) is 13.1 Å². The van der Waals surface area contributed by atoms with Crippen molar-refractivity contribution in [2.45, 2.75) is 12.8 Å². The molecule has 0 bridgehead atoms. The third kappa shape index (κ3) is 15.9. The Hall–Kier alpha value is -2.12. The summed E-state index contributed by atoms with van der Waals surface area (Å²) in [5.41, 5.74) is 0.416. The number of ether oxygens (including phenoxy) is 1. The van der Waals surface area contributed by atoms with Crippen LogP contribution < -0.4 is 39.2 Å². The maximum atomic E-state index is 12.1. The van der Waals surface area contributed by atoms with Gasteiger partial charge < -0.3 is 29.4 Å². The Morgan fingerprint density at radius 3 is 1.82 bits per heavy atom. The van der Waals surface area contributed by atoms with E-state index in [9.17, 15) is 9.90 Å². The molecule has 1 heterocycles. The molecule has 212 valence electrons. The second-order valence-electron chi connectivity index (χ2n) is 8.76. The number of para-hydroxylation sites is 1. The van der Waals surface area contributed by atoms with Crippen LogP contribution in [-0.2, 0) is 19.5 Å². The van der Waals surface area contributed by atoms with E-state index >= 15 is 0 Å². The minimum absolute atomic E-state index is 0. The topological polar surface area (TPSA) is 173 Å². The molecule has 3 aromatic rings. The third-order valence-corrected chi connectivity index (χ3v) is 5.03. The molecule has 0 saturated carbocycles. The Morgan fingerprint density at radius 1 is 0.872 bits per heavy atom. The van der Waals surface area contributed by atoms with Crippen LogP contribution in [0.25, 0.3) is 22.3 Å². The Balaban J connectivity index is 0.000000660. The molecule has 1 N–H and O–H groups in total. The SMILES string of the molecule is CN(C)CCCNCCCN(C)C.COc1ccc(-c2oc3ccccc3c(=O)c2[O-])cc1.[O-][Cl+3]([O-])([O-])[O-].[Zn+2]. The molecule has 0 aliphatic heterocycles. The van der Waals surface area contributed by atoms with E-state index in [1.165, 1.54) is 25.9 Å². The third-order valence-electron chi connectivity index (χ3n) is 5.03. The van der Waals surface area contributed by atoms with E-state index in [-0.39, 0.29) is 25.2 Å². The van der Waals surface area contributed by atoms with Gasteiger partial charge in [-0.3, -0.25) is 4.79 Å². The number of nitrogens with one attached hydrogen (secondary N) is 1. The standard InChI is InChI=1S/C16H12O4.C10H25N3.ClHO4.Zn/c1-19-11-8-6-10(7-9-11)16-15(18)14(17)12-4-2-3-5-13(12)20-16;1-12(2)9-5-7-11-8-6-10-13(3)4;2-1(3,4)5;/h2-9,18H,1H3;11H,5-10H2,1-4H3;(H,2,3,4,5);/q;;;+2/p-2. The second kappa shape index (κ2) is 19.0. The zero-order valence-electron chi connectivity index (χ0n) is 23.1. The second-order valence-corrected chi connectivity index (χ2v) is 9.51. The van der Waals surface area contributed by atoms with Crippen molar-refractivity contribution >= 4 is 11.0 Å². The molecule has 1 aromatic heterocycles. The zero-order valence-corrected chi connectivity index (χ0v) is 26.8. The Morgan fingerprint density at radius 2 is 1.36 bits per heavy atom. The maximum Gasteiger partial charge on any atom is 2.00 e. The Kier molecular flexibility index (Phi) is 18.0. The van der Waals surface area contributed by atoms with Crippen LogP contribution in [0.1, 0.15) is 12.8 Å². The van der Waals surface area contributed by atoms with E-state index in [1.807, 2.05) is 0 Å². The molecule has 0 atom stereocenters. The quantitative estimate of drug-likeness (QED) is 0.202. The molecule has 0 saturated heterocycles. The van der Waals surface area contributed by atoms with E-state index in [0.29, 0.717) is 22.3 Å². The van der Waals surface area contributed by atoms with Crippen LogP contribution >= 0.6 is 0 Å². The molecule has 3 rings (SSSR count). The summed E-state index contributed by atoms with van der Waals surface area (Å²) >= 11 is 0. The summed E-state index contributed by atoms with van der Waals surface area (Å²) in [6.07, 6.45) is 2.49. The minimum Gasteiger partial charge on any atom is -0.867 e. The number of hydrogen-bond donors (Lipinski definition) is 1. The van der Waals surface area contributed by atoms with Crippen molar-refractivity contribution in [3.05, 3.63) is 58.8 Å².